The number of benzene rings is 2. The largest absolute Gasteiger partial charge is 0.340 e. The van der Waals surface area contributed by atoms with E-state index in [0.717, 1.165) is 38.5 Å². The Bertz CT molecular complexity index is 758. The highest BCUT2D eigenvalue weighted by Gasteiger charge is 2.44. The second-order valence-electron chi connectivity index (χ2n) is 8.87. The quantitative estimate of drug-likeness (QED) is 0.794. The van der Waals surface area contributed by atoms with E-state index in [1.165, 1.54) is 30.4 Å². The highest BCUT2D eigenvalue weighted by Crippen LogP contribution is 2.49. The minimum atomic E-state index is 0.266. The van der Waals surface area contributed by atoms with Crippen LogP contribution < -0.4 is 0 Å². The van der Waals surface area contributed by atoms with E-state index in [-0.39, 0.29) is 6.04 Å². The monoisotopic (exact) mass is 374 g/mol. The number of hydrogen-bond acceptors (Lipinski definition) is 2. The van der Waals surface area contributed by atoms with E-state index in [0.29, 0.717) is 17.7 Å². The Labute approximate surface area is 168 Å². The van der Waals surface area contributed by atoms with Gasteiger partial charge in [0.25, 0.3) is 0 Å². The first-order chi connectivity index (χ1) is 13.8. The zero-order valence-corrected chi connectivity index (χ0v) is 16.5. The molecule has 0 aromatic heterocycles. The molecule has 0 spiro atoms. The molecule has 2 bridgehead atoms. The lowest BCUT2D eigenvalue weighted by Gasteiger charge is -2.41. The standard InChI is InChI=1S/C25H30N2O/c28-25(23-18-19-11-12-22(23)17-19)27-15-13-26(14-16-27)24(20-7-3-1-4-8-20)21-9-5-2-6-10-21/h1-10,19,22-24H,11-18H2/t19-,22-,23+/m0/s1. The maximum Gasteiger partial charge on any atom is 0.226 e. The van der Waals surface area contributed by atoms with Gasteiger partial charge in [0, 0.05) is 32.1 Å². The van der Waals surface area contributed by atoms with Gasteiger partial charge in [0.2, 0.25) is 5.91 Å². The van der Waals surface area contributed by atoms with Crippen molar-refractivity contribution in [2.45, 2.75) is 31.7 Å². The van der Waals surface area contributed by atoms with Crippen molar-refractivity contribution in [2.24, 2.45) is 17.8 Å². The first-order valence-electron chi connectivity index (χ1n) is 10.9. The lowest BCUT2D eigenvalue weighted by atomic mass is 9.87. The second-order valence-corrected chi connectivity index (χ2v) is 8.87. The molecule has 1 heterocycles. The minimum Gasteiger partial charge on any atom is -0.340 e. The summed E-state index contributed by atoms with van der Waals surface area (Å²) >= 11 is 0. The van der Waals surface area contributed by atoms with Crippen LogP contribution in [0.1, 0.15) is 42.9 Å². The van der Waals surface area contributed by atoms with E-state index in [4.69, 9.17) is 0 Å². The molecular weight excluding hydrogens is 344 g/mol. The lowest BCUT2D eigenvalue weighted by molar-refractivity contribution is -0.139. The van der Waals surface area contributed by atoms with Crippen LogP contribution in [0.5, 0.6) is 0 Å². The first-order valence-corrected chi connectivity index (χ1v) is 10.9. The van der Waals surface area contributed by atoms with Gasteiger partial charge in [-0.3, -0.25) is 9.69 Å². The molecule has 0 N–H and O–H groups in total. The van der Waals surface area contributed by atoms with Gasteiger partial charge < -0.3 is 4.90 Å². The summed E-state index contributed by atoms with van der Waals surface area (Å²) in [6.07, 6.45) is 5.10. The van der Waals surface area contributed by atoms with Gasteiger partial charge in [0.1, 0.15) is 0 Å². The summed E-state index contributed by atoms with van der Waals surface area (Å²) in [5.41, 5.74) is 2.67. The third-order valence-electron chi connectivity index (χ3n) is 7.28. The molecule has 2 aliphatic carbocycles. The van der Waals surface area contributed by atoms with Gasteiger partial charge in [0.05, 0.1) is 6.04 Å². The van der Waals surface area contributed by atoms with Gasteiger partial charge >= 0.3 is 0 Å². The van der Waals surface area contributed by atoms with Gasteiger partial charge in [0.15, 0.2) is 0 Å². The summed E-state index contributed by atoms with van der Waals surface area (Å²) in [6.45, 7) is 3.62. The average Bonchev–Trinajstić information content (AvgIpc) is 3.39. The topological polar surface area (TPSA) is 23.6 Å². The molecule has 3 nitrogen and oxygen atoms in total. The van der Waals surface area contributed by atoms with E-state index in [9.17, 15) is 4.79 Å². The van der Waals surface area contributed by atoms with Crippen molar-refractivity contribution in [2.75, 3.05) is 26.2 Å². The van der Waals surface area contributed by atoms with Crippen molar-refractivity contribution in [1.29, 1.82) is 0 Å². The minimum absolute atomic E-state index is 0.266. The number of hydrogen-bond donors (Lipinski definition) is 0. The summed E-state index contributed by atoms with van der Waals surface area (Å²) in [7, 11) is 0. The number of carbonyl (C=O) groups is 1. The Hall–Kier alpha value is -2.13. The molecule has 2 saturated carbocycles. The van der Waals surface area contributed by atoms with Crippen LogP contribution >= 0.6 is 0 Å². The number of piperazine rings is 1. The van der Waals surface area contributed by atoms with Gasteiger partial charge in [-0.2, -0.15) is 0 Å². The van der Waals surface area contributed by atoms with Gasteiger partial charge in [-0.1, -0.05) is 67.1 Å². The third kappa shape index (κ3) is 3.37. The molecule has 1 aliphatic heterocycles. The van der Waals surface area contributed by atoms with E-state index < -0.39 is 0 Å². The van der Waals surface area contributed by atoms with Crippen molar-refractivity contribution in [1.82, 2.24) is 9.80 Å². The number of amides is 1. The smallest absolute Gasteiger partial charge is 0.226 e. The number of carbonyl (C=O) groups excluding carboxylic acids is 1. The van der Waals surface area contributed by atoms with Gasteiger partial charge in [-0.15, -0.1) is 0 Å². The lowest BCUT2D eigenvalue weighted by Crippen LogP contribution is -2.51. The second kappa shape index (κ2) is 7.71. The third-order valence-corrected chi connectivity index (χ3v) is 7.28. The molecule has 3 aliphatic rings. The van der Waals surface area contributed by atoms with E-state index >= 15 is 0 Å². The predicted octanol–water partition coefficient (Wildman–Crippen LogP) is 4.36. The fourth-order valence-electron chi connectivity index (χ4n) is 5.87. The summed E-state index contributed by atoms with van der Waals surface area (Å²) in [5, 5.41) is 0. The highest BCUT2D eigenvalue weighted by atomic mass is 16.2. The summed E-state index contributed by atoms with van der Waals surface area (Å²) in [5.74, 6) is 2.28. The van der Waals surface area contributed by atoms with Crippen LogP contribution in [0, 0.1) is 17.8 Å². The zero-order valence-electron chi connectivity index (χ0n) is 16.5. The van der Waals surface area contributed by atoms with E-state index in [1.807, 2.05) is 0 Å². The molecule has 3 heteroatoms. The summed E-state index contributed by atoms with van der Waals surface area (Å²) in [4.78, 5) is 17.8. The molecule has 28 heavy (non-hydrogen) atoms. The molecular formula is C25H30N2O. The zero-order chi connectivity index (χ0) is 18.9. The Kier molecular flexibility index (Phi) is 4.94. The van der Waals surface area contributed by atoms with Crippen LogP contribution in [0.15, 0.2) is 60.7 Å². The van der Waals surface area contributed by atoms with Crippen molar-refractivity contribution < 1.29 is 4.79 Å². The summed E-state index contributed by atoms with van der Waals surface area (Å²) < 4.78 is 0. The Morgan fingerprint density at radius 1 is 0.786 bits per heavy atom. The molecule has 5 rings (SSSR count). The maximum absolute atomic E-state index is 13.1. The van der Waals surface area contributed by atoms with Crippen LogP contribution in [0.25, 0.3) is 0 Å². The molecule has 1 saturated heterocycles. The van der Waals surface area contributed by atoms with Crippen LogP contribution in [-0.4, -0.2) is 41.9 Å². The molecule has 1 amide bonds. The van der Waals surface area contributed by atoms with Crippen molar-refractivity contribution >= 4 is 5.91 Å². The Morgan fingerprint density at radius 3 is 1.89 bits per heavy atom. The van der Waals surface area contributed by atoms with Gasteiger partial charge in [-0.05, 0) is 42.2 Å². The molecule has 146 valence electrons. The normalized spacial score (nSPS) is 27.5. The van der Waals surface area contributed by atoms with Crippen molar-refractivity contribution in [3.05, 3.63) is 71.8 Å². The maximum atomic E-state index is 13.1. The SMILES string of the molecule is O=C([C@@H]1C[C@H]2CC[C@H]1C2)N1CCN(C(c2ccccc2)c2ccccc2)CC1. The van der Waals surface area contributed by atoms with Crippen LogP contribution in [0.3, 0.4) is 0 Å². The van der Waals surface area contributed by atoms with Crippen molar-refractivity contribution in [3.8, 4) is 0 Å². The first kappa shape index (κ1) is 17.9. The molecule has 0 unspecified atom stereocenters. The van der Waals surface area contributed by atoms with E-state index in [2.05, 4.69) is 70.5 Å². The van der Waals surface area contributed by atoms with Crippen LogP contribution in [0.4, 0.5) is 0 Å². The number of fused-ring (bicyclic) bond motifs is 2. The summed E-state index contributed by atoms with van der Waals surface area (Å²) in [6, 6.07) is 21.8. The van der Waals surface area contributed by atoms with Crippen molar-refractivity contribution in [3.63, 3.8) is 0 Å². The molecule has 3 fully saturated rings. The molecule has 2 aromatic rings. The van der Waals surface area contributed by atoms with Crippen LogP contribution in [0.2, 0.25) is 0 Å². The average molecular weight is 375 g/mol. The number of rotatable bonds is 4. The Morgan fingerprint density at radius 2 is 1.39 bits per heavy atom. The number of nitrogens with zero attached hydrogens (tertiary/aromatic N) is 2. The predicted molar refractivity (Wildman–Crippen MR) is 112 cm³/mol. The van der Waals surface area contributed by atoms with Gasteiger partial charge in [-0.25, -0.2) is 0 Å². The van der Waals surface area contributed by atoms with Crippen LogP contribution in [-0.2, 0) is 4.79 Å². The fraction of sp³-hybridized carbons (Fsp3) is 0.480. The molecule has 3 atom stereocenters. The molecule has 0 radical (unpaired) electrons. The fourth-order valence-corrected chi connectivity index (χ4v) is 5.87. The van der Waals surface area contributed by atoms with E-state index in [1.54, 1.807) is 0 Å². The highest BCUT2D eigenvalue weighted by molar-refractivity contribution is 5.79. The molecule has 2 aromatic carbocycles. The Balaban J connectivity index is 1.29.